The van der Waals surface area contributed by atoms with Crippen molar-refractivity contribution >= 4 is 17.6 Å². The second-order valence-electron chi connectivity index (χ2n) is 5.61. The van der Waals surface area contributed by atoms with Crippen LogP contribution in [0.2, 0.25) is 0 Å². The van der Waals surface area contributed by atoms with Crippen molar-refractivity contribution in [2.45, 2.75) is 51.5 Å². The van der Waals surface area contributed by atoms with E-state index in [1.165, 1.54) is 0 Å². The highest BCUT2D eigenvalue weighted by Crippen LogP contribution is 2.22. The van der Waals surface area contributed by atoms with Crippen LogP contribution in [0.15, 0.2) is 0 Å². The molecular weight excluding hydrogens is 270 g/mol. The van der Waals surface area contributed by atoms with E-state index in [1.54, 1.807) is 14.0 Å². The van der Waals surface area contributed by atoms with Gasteiger partial charge in [-0.3, -0.25) is 9.59 Å². The highest BCUT2D eigenvalue weighted by atomic mass is 16.2. The third kappa shape index (κ3) is 6.71. The second kappa shape index (κ2) is 9.50. The van der Waals surface area contributed by atoms with Crippen LogP contribution in [0.25, 0.3) is 0 Å². The lowest BCUT2D eigenvalue weighted by atomic mass is 10.1. The summed E-state index contributed by atoms with van der Waals surface area (Å²) in [6.45, 7) is 3.22. The number of nitrogens with zero attached hydrogens (tertiary/aromatic N) is 1. The maximum absolute atomic E-state index is 12.2. The molecule has 0 aromatic carbocycles. The van der Waals surface area contributed by atoms with Gasteiger partial charge in [0.1, 0.15) is 5.78 Å². The Bertz CT molecular complexity index is 371. The van der Waals surface area contributed by atoms with Crippen LogP contribution in [-0.4, -0.2) is 55.2 Å². The number of likely N-dealkylation sites (tertiary alicyclic amines) is 1. The third-order valence-corrected chi connectivity index (χ3v) is 3.75. The normalized spacial score (nSPS) is 17.8. The van der Waals surface area contributed by atoms with Gasteiger partial charge in [0.05, 0.1) is 6.54 Å². The maximum atomic E-state index is 12.2. The van der Waals surface area contributed by atoms with Crippen LogP contribution < -0.4 is 10.6 Å². The first kappa shape index (κ1) is 17.6. The minimum Gasteiger partial charge on any atom is -0.355 e. The zero-order chi connectivity index (χ0) is 15.7. The largest absolute Gasteiger partial charge is 0.355 e. The summed E-state index contributed by atoms with van der Waals surface area (Å²) in [5, 5.41) is 5.54. The zero-order valence-electron chi connectivity index (χ0n) is 13.1. The summed E-state index contributed by atoms with van der Waals surface area (Å²) in [6, 6.07) is 0.222. The summed E-state index contributed by atoms with van der Waals surface area (Å²) in [7, 11) is 1.72. The number of hydrogen-bond acceptors (Lipinski definition) is 4. The monoisotopic (exact) mass is 297 g/mol. The van der Waals surface area contributed by atoms with E-state index >= 15 is 0 Å². The van der Waals surface area contributed by atoms with Gasteiger partial charge in [0.25, 0.3) is 0 Å². The van der Waals surface area contributed by atoms with Gasteiger partial charge >= 0.3 is 0 Å². The minimum absolute atomic E-state index is 0.0505. The Hall–Kier alpha value is -1.43. The van der Waals surface area contributed by atoms with Crippen LogP contribution >= 0.6 is 0 Å². The van der Waals surface area contributed by atoms with Crippen molar-refractivity contribution in [1.29, 1.82) is 0 Å². The molecule has 21 heavy (non-hydrogen) atoms. The van der Waals surface area contributed by atoms with Gasteiger partial charge in [0.2, 0.25) is 11.8 Å². The van der Waals surface area contributed by atoms with Crippen molar-refractivity contribution in [3.63, 3.8) is 0 Å². The van der Waals surface area contributed by atoms with Crippen LogP contribution in [0.1, 0.15) is 45.4 Å². The molecule has 1 heterocycles. The highest BCUT2D eigenvalue weighted by Gasteiger charge is 2.27. The fraction of sp³-hybridized carbons (Fsp3) is 0.800. The number of rotatable bonds is 9. The molecule has 0 bridgehead atoms. The number of ketones is 1. The summed E-state index contributed by atoms with van der Waals surface area (Å²) in [4.78, 5) is 36.4. The average molecular weight is 297 g/mol. The molecular formula is C15H27N3O3. The molecule has 0 radical (unpaired) electrons. The molecule has 0 aliphatic carbocycles. The molecule has 2 N–H and O–H groups in total. The smallest absolute Gasteiger partial charge is 0.233 e. The van der Waals surface area contributed by atoms with Gasteiger partial charge in [-0.15, -0.1) is 0 Å². The zero-order valence-corrected chi connectivity index (χ0v) is 13.1. The topological polar surface area (TPSA) is 78.5 Å². The molecule has 1 aliphatic heterocycles. The van der Waals surface area contributed by atoms with E-state index in [-0.39, 0.29) is 23.6 Å². The molecule has 1 saturated heterocycles. The Kier molecular flexibility index (Phi) is 7.97. The van der Waals surface area contributed by atoms with E-state index in [0.29, 0.717) is 32.4 Å². The van der Waals surface area contributed by atoms with Crippen LogP contribution in [0.4, 0.5) is 0 Å². The van der Waals surface area contributed by atoms with E-state index in [4.69, 9.17) is 0 Å². The molecule has 0 spiro atoms. The number of likely N-dealkylation sites (N-methyl/N-ethyl adjacent to an activating group) is 1. The van der Waals surface area contributed by atoms with E-state index < -0.39 is 0 Å². The quantitative estimate of drug-likeness (QED) is 0.606. The van der Waals surface area contributed by atoms with Crippen LogP contribution in [0.3, 0.4) is 0 Å². The van der Waals surface area contributed by atoms with E-state index in [1.807, 2.05) is 4.90 Å². The van der Waals surface area contributed by atoms with Crippen molar-refractivity contribution in [3.8, 4) is 0 Å². The summed E-state index contributed by atoms with van der Waals surface area (Å²) in [6.07, 6.45) is 4.46. The SMILES string of the molecule is CNCC(=O)NCCCC(=O)N1CCC[C@H]1CCC(C)=O. The van der Waals surface area contributed by atoms with Crippen molar-refractivity contribution in [2.75, 3.05) is 26.7 Å². The van der Waals surface area contributed by atoms with Gasteiger partial charge in [-0.2, -0.15) is 0 Å². The van der Waals surface area contributed by atoms with Crippen molar-refractivity contribution in [1.82, 2.24) is 15.5 Å². The van der Waals surface area contributed by atoms with Crippen LogP contribution in [-0.2, 0) is 14.4 Å². The second-order valence-corrected chi connectivity index (χ2v) is 5.61. The third-order valence-electron chi connectivity index (χ3n) is 3.75. The van der Waals surface area contributed by atoms with Crippen molar-refractivity contribution < 1.29 is 14.4 Å². The molecule has 1 rings (SSSR count). The number of Topliss-reactive ketones (excluding diaryl/α,β-unsaturated/α-hetero) is 1. The molecule has 0 unspecified atom stereocenters. The van der Waals surface area contributed by atoms with Gasteiger partial charge in [0.15, 0.2) is 0 Å². The first-order chi connectivity index (χ1) is 10.0. The highest BCUT2D eigenvalue weighted by molar-refractivity contribution is 5.79. The van der Waals surface area contributed by atoms with Gasteiger partial charge < -0.3 is 20.3 Å². The number of carbonyl (C=O) groups excluding carboxylic acids is 3. The lowest BCUT2D eigenvalue weighted by Crippen LogP contribution is -2.37. The summed E-state index contributed by atoms with van der Waals surface area (Å²) < 4.78 is 0. The summed E-state index contributed by atoms with van der Waals surface area (Å²) >= 11 is 0. The van der Waals surface area contributed by atoms with Crippen molar-refractivity contribution in [3.05, 3.63) is 0 Å². The summed E-state index contributed by atoms with van der Waals surface area (Å²) in [5.41, 5.74) is 0. The van der Waals surface area contributed by atoms with Crippen LogP contribution in [0.5, 0.6) is 0 Å². The van der Waals surface area contributed by atoms with Crippen LogP contribution in [0, 0.1) is 0 Å². The van der Waals surface area contributed by atoms with E-state index in [2.05, 4.69) is 10.6 Å². The minimum atomic E-state index is -0.0505. The number of hydrogen-bond donors (Lipinski definition) is 2. The summed E-state index contributed by atoms with van der Waals surface area (Å²) in [5.74, 6) is 0.274. The van der Waals surface area contributed by atoms with Gasteiger partial charge in [-0.1, -0.05) is 0 Å². The first-order valence-electron chi connectivity index (χ1n) is 7.74. The molecule has 2 amide bonds. The average Bonchev–Trinajstić information content (AvgIpc) is 2.90. The fourth-order valence-electron chi connectivity index (χ4n) is 2.67. The molecule has 1 fully saturated rings. The number of carbonyl (C=O) groups is 3. The van der Waals surface area contributed by atoms with Gasteiger partial charge in [-0.25, -0.2) is 0 Å². The maximum Gasteiger partial charge on any atom is 0.233 e. The molecule has 120 valence electrons. The molecule has 1 atom stereocenters. The molecule has 6 nitrogen and oxygen atoms in total. The molecule has 0 aromatic rings. The lowest BCUT2D eigenvalue weighted by Gasteiger charge is -2.24. The standard InChI is InChI=1S/C15H27N3O3/c1-12(19)7-8-13-5-4-10-18(13)15(21)6-3-9-17-14(20)11-16-2/h13,16H,3-11H2,1-2H3,(H,17,20)/t13-/m0/s1. The molecule has 0 aromatic heterocycles. The van der Waals surface area contributed by atoms with Gasteiger partial charge in [0, 0.05) is 32.0 Å². The molecule has 6 heteroatoms. The van der Waals surface area contributed by atoms with Crippen molar-refractivity contribution in [2.24, 2.45) is 0 Å². The number of nitrogens with one attached hydrogen (secondary N) is 2. The van der Waals surface area contributed by atoms with Gasteiger partial charge in [-0.05, 0) is 39.7 Å². The Labute approximate surface area is 126 Å². The predicted octanol–water partition coefficient (Wildman–Crippen LogP) is 0.462. The predicted molar refractivity (Wildman–Crippen MR) is 80.8 cm³/mol. The Morgan fingerprint density at radius 2 is 2.00 bits per heavy atom. The van der Waals surface area contributed by atoms with E-state index in [0.717, 1.165) is 25.8 Å². The molecule has 1 aliphatic rings. The van der Waals surface area contributed by atoms with E-state index in [9.17, 15) is 14.4 Å². The molecule has 0 saturated carbocycles. The Morgan fingerprint density at radius 1 is 1.24 bits per heavy atom. The Balaban J connectivity index is 2.24. The number of amides is 2. The Morgan fingerprint density at radius 3 is 2.67 bits per heavy atom. The lowest BCUT2D eigenvalue weighted by molar-refractivity contribution is -0.132. The first-order valence-corrected chi connectivity index (χ1v) is 7.74. The fourth-order valence-corrected chi connectivity index (χ4v) is 2.67.